The number of rotatable bonds is 2. The van der Waals surface area contributed by atoms with E-state index in [1.54, 1.807) is 18.2 Å². The zero-order valence-electron chi connectivity index (χ0n) is 12.9. The first-order valence-corrected chi connectivity index (χ1v) is 8.06. The summed E-state index contributed by atoms with van der Waals surface area (Å²) < 4.78 is 0. The van der Waals surface area contributed by atoms with Gasteiger partial charge in [-0.15, -0.1) is 11.3 Å². The first kappa shape index (κ1) is 14.6. The first-order chi connectivity index (χ1) is 11.5. The SMILES string of the molecule is Cc1nc(C)c(-c2[nH]nc3c2C(=O)c2c(NC(N)=O)cccc2-3)s1. The zero-order valence-corrected chi connectivity index (χ0v) is 13.7. The predicted molar refractivity (Wildman–Crippen MR) is 91.2 cm³/mol. The lowest BCUT2D eigenvalue weighted by Gasteiger charge is -2.07. The monoisotopic (exact) mass is 339 g/mol. The van der Waals surface area contributed by atoms with E-state index in [4.69, 9.17) is 5.73 Å². The Labute approximate surface area is 140 Å². The number of thiazole rings is 1. The van der Waals surface area contributed by atoms with Crippen molar-refractivity contribution in [1.29, 1.82) is 0 Å². The predicted octanol–water partition coefficient (Wildman–Crippen LogP) is 2.85. The maximum absolute atomic E-state index is 13.0. The molecule has 1 aliphatic rings. The van der Waals surface area contributed by atoms with Crippen molar-refractivity contribution in [3.05, 3.63) is 40.0 Å². The number of primary amides is 1. The lowest BCUT2D eigenvalue weighted by molar-refractivity contribution is 0.104. The number of fused-ring (bicyclic) bond motifs is 3. The van der Waals surface area contributed by atoms with Crippen molar-refractivity contribution in [2.75, 3.05) is 5.32 Å². The van der Waals surface area contributed by atoms with Crippen LogP contribution in [0.1, 0.15) is 26.6 Å². The average Bonchev–Trinajstić information content (AvgIpc) is 3.15. The van der Waals surface area contributed by atoms with Crippen LogP contribution in [0.25, 0.3) is 21.8 Å². The number of anilines is 1. The van der Waals surface area contributed by atoms with Gasteiger partial charge < -0.3 is 11.1 Å². The molecule has 0 saturated carbocycles. The molecule has 2 amide bonds. The second kappa shape index (κ2) is 5.00. The Morgan fingerprint density at radius 3 is 2.75 bits per heavy atom. The van der Waals surface area contributed by atoms with Gasteiger partial charge >= 0.3 is 6.03 Å². The highest BCUT2D eigenvalue weighted by Gasteiger charge is 2.35. The van der Waals surface area contributed by atoms with Gasteiger partial charge in [-0.2, -0.15) is 5.10 Å². The number of ketones is 1. The smallest absolute Gasteiger partial charge is 0.316 e. The summed E-state index contributed by atoms with van der Waals surface area (Å²) in [6, 6.07) is 4.50. The van der Waals surface area contributed by atoms with Crippen LogP contribution in [0, 0.1) is 13.8 Å². The van der Waals surface area contributed by atoms with Crippen molar-refractivity contribution in [2.24, 2.45) is 5.73 Å². The van der Waals surface area contributed by atoms with E-state index in [1.807, 2.05) is 13.8 Å². The number of benzene rings is 1. The minimum Gasteiger partial charge on any atom is -0.351 e. The largest absolute Gasteiger partial charge is 0.351 e. The molecule has 0 atom stereocenters. The van der Waals surface area contributed by atoms with Crippen LogP contribution in [0.5, 0.6) is 0 Å². The quantitative estimate of drug-likeness (QED) is 0.521. The Morgan fingerprint density at radius 1 is 1.29 bits per heavy atom. The standard InChI is InChI=1S/C16H13N5O2S/c1-6-15(24-7(2)18-6)13-11-12(20-21-13)8-4-3-5-9(19-16(17)23)10(8)14(11)22/h3-5H,1-2H3,(H,20,21)(H3,17,19,23). The Bertz CT molecular complexity index is 1020. The van der Waals surface area contributed by atoms with Gasteiger partial charge in [-0.3, -0.25) is 9.89 Å². The van der Waals surface area contributed by atoms with Crippen molar-refractivity contribution in [1.82, 2.24) is 15.2 Å². The molecule has 0 fully saturated rings. The number of hydrogen-bond donors (Lipinski definition) is 3. The molecular formula is C16H13N5O2S. The third-order valence-corrected chi connectivity index (χ3v) is 5.02. The van der Waals surface area contributed by atoms with Crippen LogP contribution >= 0.6 is 11.3 Å². The molecular weight excluding hydrogens is 326 g/mol. The summed E-state index contributed by atoms with van der Waals surface area (Å²) in [7, 11) is 0. The molecule has 0 saturated heterocycles. The van der Waals surface area contributed by atoms with Crippen LogP contribution in [-0.2, 0) is 0 Å². The third-order valence-electron chi connectivity index (χ3n) is 3.93. The van der Waals surface area contributed by atoms with Crippen LogP contribution in [0.2, 0.25) is 0 Å². The van der Waals surface area contributed by atoms with Gasteiger partial charge in [0.1, 0.15) is 5.69 Å². The number of nitrogens with one attached hydrogen (secondary N) is 2. The van der Waals surface area contributed by atoms with Gasteiger partial charge in [-0.05, 0) is 19.9 Å². The molecule has 3 aromatic rings. The van der Waals surface area contributed by atoms with E-state index >= 15 is 0 Å². The number of carbonyl (C=O) groups excluding carboxylic acids is 2. The van der Waals surface area contributed by atoms with Gasteiger partial charge in [0, 0.05) is 5.56 Å². The van der Waals surface area contributed by atoms with Crippen LogP contribution < -0.4 is 11.1 Å². The molecule has 0 unspecified atom stereocenters. The Kier molecular flexibility index (Phi) is 3.04. The summed E-state index contributed by atoms with van der Waals surface area (Å²) in [5.74, 6) is -0.182. The number of nitrogens with zero attached hydrogens (tertiary/aromatic N) is 2. The van der Waals surface area contributed by atoms with E-state index in [9.17, 15) is 9.59 Å². The molecule has 4 rings (SSSR count). The van der Waals surface area contributed by atoms with Crippen LogP contribution in [-0.4, -0.2) is 27.0 Å². The maximum Gasteiger partial charge on any atom is 0.316 e. The van der Waals surface area contributed by atoms with Crippen LogP contribution in [0.15, 0.2) is 18.2 Å². The third kappa shape index (κ3) is 1.96. The number of hydrogen-bond acceptors (Lipinski definition) is 5. The highest BCUT2D eigenvalue weighted by Crippen LogP contribution is 2.44. The molecule has 4 N–H and O–H groups in total. The van der Waals surface area contributed by atoms with Crippen molar-refractivity contribution < 1.29 is 9.59 Å². The number of aromatic amines is 1. The molecule has 2 heterocycles. The van der Waals surface area contributed by atoms with E-state index in [-0.39, 0.29) is 5.78 Å². The Balaban J connectivity index is 1.91. The van der Waals surface area contributed by atoms with Crippen molar-refractivity contribution in [3.8, 4) is 21.8 Å². The fourth-order valence-electron chi connectivity index (χ4n) is 3.04. The van der Waals surface area contributed by atoms with E-state index < -0.39 is 6.03 Å². The number of urea groups is 1. The number of aryl methyl sites for hydroxylation is 2. The van der Waals surface area contributed by atoms with Gasteiger partial charge in [-0.1, -0.05) is 12.1 Å². The fraction of sp³-hybridized carbons (Fsp3) is 0.125. The van der Waals surface area contributed by atoms with E-state index in [1.165, 1.54) is 11.3 Å². The van der Waals surface area contributed by atoms with Crippen LogP contribution in [0.3, 0.4) is 0 Å². The number of H-pyrrole nitrogens is 1. The second-order valence-electron chi connectivity index (χ2n) is 5.52. The molecule has 24 heavy (non-hydrogen) atoms. The summed E-state index contributed by atoms with van der Waals surface area (Å²) >= 11 is 1.51. The van der Waals surface area contributed by atoms with Crippen molar-refractivity contribution in [2.45, 2.75) is 13.8 Å². The lowest BCUT2D eigenvalue weighted by Crippen LogP contribution is -2.20. The summed E-state index contributed by atoms with van der Waals surface area (Å²) in [5.41, 5.74) is 9.31. The lowest BCUT2D eigenvalue weighted by atomic mass is 10.1. The topological polar surface area (TPSA) is 114 Å². The normalized spacial score (nSPS) is 12.2. The fourth-order valence-corrected chi connectivity index (χ4v) is 3.96. The molecule has 0 spiro atoms. The van der Waals surface area contributed by atoms with Gasteiger partial charge in [0.05, 0.1) is 38.1 Å². The molecule has 2 aromatic heterocycles. The van der Waals surface area contributed by atoms with Crippen molar-refractivity contribution in [3.63, 3.8) is 0 Å². The average molecular weight is 339 g/mol. The second-order valence-corrected chi connectivity index (χ2v) is 6.72. The number of nitrogens with two attached hydrogens (primary N) is 1. The Hall–Kier alpha value is -3.00. The Morgan fingerprint density at radius 2 is 2.08 bits per heavy atom. The summed E-state index contributed by atoms with van der Waals surface area (Å²) in [6.45, 7) is 3.82. The molecule has 0 radical (unpaired) electrons. The highest BCUT2D eigenvalue weighted by molar-refractivity contribution is 7.15. The van der Waals surface area contributed by atoms with Crippen molar-refractivity contribution >= 4 is 28.8 Å². The van der Waals surface area contributed by atoms with Crippen LogP contribution in [0.4, 0.5) is 10.5 Å². The summed E-state index contributed by atoms with van der Waals surface area (Å²) in [4.78, 5) is 29.5. The minimum absolute atomic E-state index is 0.182. The van der Waals surface area contributed by atoms with E-state index in [2.05, 4.69) is 20.5 Å². The summed E-state index contributed by atoms with van der Waals surface area (Å²) in [6.07, 6.45) is 0. The molecule has 120 valence electrons. The first-order valence-electron chi connectivity index (χ1n) is 7.24. The molecule has 1 aromatic carbocycles. The molecule has 0 bridgehead atoms. The number of aromatic nitrogens is 3. The number of amides is 2. The minimum atomic E-state index is -0.712. The summed E-state index contributed by atoms with van der Waals surface area (Å²) in [5, 5.41) is 10.7. The van der Waals surface area contributed by atoms with Gasteiger partial charge in [-0.25, -0.2) is 9.78 Å². The van der Waals surface area contributed by atoms with Gasteiger partial charge in [0.15, 0.2) is 5.78 Å². The maximum atomic E-state index is 13.0. The molecule has 7 nitrogen and oxygen atoms in total. The number of carbonyl (C=O) groups is 2. The molecule has 1 aliphatic carbocycles. The van der Waals surface area contributed by atoms with Gasteiger partial charge in [0.25, 0.3) is 0 Å². The molecule has 0 aliphatic heterocycles. The zero-order chi connectivity index (χ0) is 17.0. The highest BCUT2D eigenvalue weighted by atomic mass is 32.1. The van der Waals surface area contributed by atoms with Gasteiger partial charge in [0.2, 0.25) is 0 Å². The van der Waals surface area contributed by atoms with E-state index in [0.29, 0.717) is 33.8 Å². The van der Waals surface area contributed by atoms with E-state index in [0.717, 1.165) is 15.6 Å². The molecule has 8 heteroatoms.